The van der Waals surface area contributed by atoms with Gasteiger partial charge in [-0.1, -0.05) is 25.5 Å². The number of rotatable bonds is 8. The van der Waals surface area contributed by atoms with Crippen LogP contribution in [0.2, 0.25) is 0 Å². The minimum absolute atomic E-state index is 0.0266. The summed E-state index contributed by atoms with van der Waals surface area (Å²) >= 11 is 0. The van der Waals surface area contributed by atoms with Gasteiger partial charge in [0.05, 0.1) is 0 Å². The summed E-state index contributed by atoms with van der Waals surface area (Å²) in [5, 5.41) is 0. The van der Waals surface area contributed by atoms with Crippen molar-refractivity contribution in [1.82, 2.24) is 4.90 Å². The Kier molecular flexibility index (Phi) is 6.32. The maximum Gasteiger partial charge on any atom is 0.119 e. The number of allylic oxidation sites excluding steroid dienone is 1. The number of ether oxygens (including phenoxy) is 1. The maximum atomic E-state index is 5.79. The van der Waals surface area contributed by atoms with Gasteiger partial charge in [0.25, 0.3) is 0 Å². The van der Waals surface area contributed by atoms with E-state index in [4.69, 9.17) is 10.5 Å². The lowest BCUT2D eigenvalue weighted by molar-refractivity contribution is 0.295. The van der Waals surface area contributed by atoms with Gasteiger partial charge in [-0.05, 0) is 43.3 Å². The first-order valence-corrected chi connectivity index (χ1v) is 8.75. The van der Waals surface area contributed by atoms with Gasteiger partial charge in [0.2, 0.25) is 0 Å². The fraction of sp³-hybridized carbons (Fsp3) is 0.500. The van der Waals surface area contributed by atoms with E-state index in [2.05, 4.69) is 61.8 Å². The Morgan fingerprint density at radius 3 is 2.83 bits per heavy atom. The number of hydrogen-bond acceptors (Lipinski definition) is 4. The molecule has 2 rings (SSSR count). The van der Waals surface area contributed by atoms with Gasteiger partial charge in [-0.3, -0.25) is 0 Å². The van der Waals surface area contributed by atoms with E-state index >= 15 is 0 Å². The van der Waals surface area contributed by atoms with Crippen molar-refractivity contribution in [2.24, 2.45) is 5.73 Å². The molecule has 0 aliphatic carbocycles. The summed E-state index contributed by atoms with van der Waals surface area (Å²) < 4.78 is 5.79. The molecule has 0 aromatic heterocycles. The van der Waals surface area contributed by atoms with Crippen LogP contribution in [0.15, 0.2) is 43.1 Å². The summed E-state index contributed by atoms with van der Waals surface area (Å²) in [5.74, 6) is 1.11. The average molecular weight is 329 g/mol. The standard InChI is InChI=1S/C20H31N3O/c1-6-8-9-12-22(4)20-17(7-2)18-13-16(24-14-15(3)21)10-11-19(18)23(20)5/h7,9-13,15,17,20H,2,6,8,14,21H2,1,3-5H3/b12-9-/t15-,17?,20?/m0/s1. The van der Waals surface area contributed by atoms with Crippen molar-refractivity contribution in [3.8, 4) is 5.75 Å². The van der Waals surface area contributed by atoms with Gasteiger partial charge in [0.15, 0.2) is 0 Å². The van der Waals surface area contributed by atoms with Crippen molar-refractivity contribution in [1.29, 1.82) is 0 Å². The van der Waals surface area contributed by atoms with Crippen LogP contribution in [-0.4, -0.2) is 37.8 Å². The van der Waals surface area contributed by atoms with Gasteiger partial charge in [-0.25, -0.2) is 0 Å². The number of benzene rings is 1. The number of unbranched alkanes of at least 4 members (excludes halogenated alkanes) is 1. The molecule has 2 N–H and O–H groups in total. The Balaban J connectivity index is 2.23. The molecular weight excluding hydrogens is 298 g/mol. The molecule has 4 heteroatoms. The van der Waals surface area contributed by atoms with Crippen molar-refractivity contribution in [2.75, 3.05) is 25.6 Å². The van der Waals surface area contributed by atoms with Crippen LogP contribution >= 0.6 is 0 Å². The van der Waals surface area contributed by atoms with Gasteiger partial charge in [0, 0.05) is 31.7 Å². The molecule has 0 amide bonds. The summed E-state index contributed by atoms with van der Waals surface area (Å²) in [4.78, 5) is 4.58. The number of likely N-dealkylation sites (N-methyl/N-ethyl adjacent to an activating group) is 2. The molecule has 1 aromatic carbocycles. The highest BCUT2D eigenvalue weighted by Gasteiger charge is 2.36. The quantitative estimate of drug-likeness (QED) is 0.738. The number of hydrogen-bond donors (Lipinski definition) is 1. The second-order valence-electron chi connectivity index (χ2n) is 6.63. The molecule has 1 aromatic rings. The summed E-state index contributed by atoms with van der Waals surface area (Å²) in [6.07, 6.45) is 8.94. The number of nitrogens with two attached hydrogens (primary N) is 1. The molecule has 24 heavy (non-hydrogen) atoms. The largest absolute Gasteiger partial charge is 0.492 e. The van der Waals surface area contributed by atoms with Crippen LogP contribution < -0.4 is 15.4 Å². The van der Waals surface area contributed by atoms with E-state index in [0.29, 0.717) is 6.61 Å². The second-order valence-corrected chi connectivity index (χ2v) is 6.63. The smallest absolute Gasteiger partial charge is 0.119 e. The predicted octanol–water partition coefficient (Wildman–Crippen LogP) is 3.70. The predicted molar refractivity (Wildman–Crippen MR) is 103 cm³/mol. The third-order valence-electron chi connectivity index (χ3n) is 4.44. The first kappa shape index (κ1) is 18.4. The molecule has 1 aliphatic heterocycles. The maximum absolute atomic E-state index is 5.79. The summed E-state index contributed by atoms with van der Waals surface area (Å²) in [7, 11) is 4.27. The topological polar surface area (TPSA) is 41.7 Å². The monoisotopic (exact) mass is 329 g/mol. The van der Waals surface area contributed by atoms with E-state index in [1.54, 1.807) is 0 Å². The van der Waals surface area contributed by atoms with E-state index in [0.717, 1.165) is 18.6 Å². The van der Waals surface area contributed by atoms with E-state index < -0.39 is 0 Å². The third kappa shape index (κ3) is 3.93. The zero-order chi connectivity index (χ0) is 17.7. The molecule has 1 aliphatic rings. The Hall–Kier alpha value is -1.94. The first-order valence-electron chi connectivity index (χ1n) is 8.75. The van der Waals surface area contributed by atoms with Gasteiger partial charge < -0.3 is 20.3 Å². The zero-order valence-electron chi connectivity index (χ0n) is 15.4. The van der Waals surface area contributed by atoms with Crippen LogP contribution in [0.4, 0.5) is 5.69 Å². The van der Waals surface area contributed by atoms with E-state index in [-0.39, 0.29) is 18.1 Å². The van der Waals surface area contributed by atoms with E-state index in [1.807, 2.05) is 19.1 Å². The SMILES string of the molecule is C=CC1c2cc(OC[C@H](C)N)ccc2N(C)C1N(C)/C=C\CCC. The van der Waals surface area contributed by atoms with Crippen LogP contribution in [0.1, 0.15) is 38.2 Å². The molecule has 0 saturated carbocycles. The lowest BCUT2D eigenvalue weighted by atomic mass is 9.98. The summed E-state index contributed by atoms with van der Waals surface area (Å²) in [6, 6.07) is 6.31. The minimum atomic E-state index is 0.0266. The molecule has 4 nitrogen and oxygen atoms in total. The lowest BCUT2D eigenvalue weighted by Crippen LogP contribution is -2.41. The van der Waals surface area contributed by atoms with Gasteiger partial charge >= 0.3 is 0 Å². The van der Waals surface area contributed by atoms with Crippen LogP contribution in [-0.2, 0) is 0 Å². The Labute approximate surface area is 146 Å². The molecule has 1 heterocycles. The van der Waals surface area contributed by atoms with Crippen molar-refractivity contribution in [2.45, 2.75) is 44.8 Å². The molecule has 2 unspecified atom stereocenters. The number of anilines is 1. The molecule has 0 saturated heterocycles. The fourth-order valence-corrected chi connectivity index (χ4v) is 3.25. The third-order valence-corrected chi connectivity index (χ3v) is 4.44. The molecule has 0 fully saturated rings. The molecule has 0 radical (unpaired) electrons. The molecule has 0 bridgehead atoms. The van der Waals surface area contributed by atoms with Crippen molar-refractivity contribution >= 4 is 5.69 Å². The fourth-order valence-electron chi connectivity index (χ4n) is 3.25. The second kappa shape index (κ2) is 8.25. The van der Waals surface area contributed by atoms with Crippen LogP contribution in [0.3, 0.4) is 0 Å². The highest BCUT2D eigenvalue weighted by atomic mass is 16.5. The summed E-state index contributed by atoms with van der Waals surface area (Å²) in [5.41, 5.74) is 8.27. The number of nitrogens with zero attached hydrogens (tertiary/aromatic N) is 2. The normalized spacial score (nSPS) is 21.0. The Morgan fingerprint density at radius 1 is 1.46 bits per heavy atom. The van der Waals surface area contributed by atoms with Crippen molar-refractivity contribution in [3.05, 3.63) is 48.7 Å². The molecule has 3 atom stereocenters. The molecule has 132 valence electrons. The van der Waals surface area contributed by atoms with Gasteiger partial charge in [0.1, 0.15) is 18.5 Å². The Bertz CT molecular complexity index is 582. The Morgan fingerprint density at radius 2 is 2.21 bits per heavy atom. The first-order chi connectivity index (χ1) is 11.5. The van der Waals surface area contributed by atoms with Crippen LogP contribution in [0.5, 0.6) is 5.75 Å². The van der Waals surface area contributed by atoms with Gasteiger partial charge in [-0.15, -0.1) is 6.58 Å². The minimum Gasteiger partial charge on any atom is -0.492 e. The number of fused-ring (bicyclic) bond motifs is 1. The van der Waals surface area contributed by atoms with Crippen molar-refractivity contribution in [3.63, 3.8) is 0 Å². The van der Waals surface area contributed by atoms with Crippen molar-refractivity contribution < 1.29 is 4.74 Å². The van der Waals surface area contributed by atoms with E-state index in [1.165, 1.54) is 11.3 Å². The molecule has 0 spiro atoms. The average Bonchev–Trinajstić information content (AvgIpc) is 2.84. The zero-order valence-corrected chi connectivity index (χ0v) is 15.4. The molecular formula is C20H31N3O. The van der Waals surface area contributed by atoms with Crippen LogP contribution in [0, 0.1) is 0 Å². The van der Waals surface area contributed by atoms with Gasteiger partial charge in [-0.2, -0.15) is 0 Å². The summed E-state index contributed by atoms with van der Waals surface area (Å²) in [6.45, 7) is 8.73. The highest BCUT2D eigenvalue weighted by Crippen LogP contribution is 2.43. The van der Waals surface area contributed by atoms with Crippen LogP contribution in [0.25, 0.3) is 0 Å². The highest BCUT2D eigenvalue weighted by molar-refractivity contribution is 5.64. The van der Waals surface area contributed by atoms with E-state index in [9.17, 15) is 0 Å². The lowest BCUT2D eigenvalue weighted by Gasteiger charge is -2.33.